The summed E-state index contributed by atoms with van der Waals surface area (Å²) in [5.74, 6) is 0.637. The van der Waals surface area contributed by atoms with E-state index in [4.69, 9.17) is 4.42 Å². The van der Waals surface area contributed by atoms with Gasteiger partial charge < -0.3 is 4.42 Å². The largest absolute Gasteiger partial charge is 0.436 e. The number of oxazole rings is 1. The summed E-state index contributed by atoms with van der Waals surface area (Å²) in [7, 11) is 0. The van der Waals surface area contributed by atoms with E-state index in [1.54, 1.807) is 6.21 Å². The molecule has 1 heterocycles. The molecule has 3 nitrogen and oxygen atoms in total. The summed E-state index contributed by atoms with van der Waals surface area (Å²) in [5.41, 5.74) is 7.05. The zero-order valence-electron chi connectivity index (χ0n) is 15.4. The van der Waals surface area contributed by atoms with Crippen LogP contribution in [0.3, 0.4) is 0 Å². The molecule has 0 radical (unpaired) electrons. The van der Waals surface area contributed by atoms with Crippen molar-refractivity contribution in [3.63, 3.8) is 0 Å². The molecule has 1 aromatic heterocycles. The predicted molar refractivity (Wildman–Crippen MR) is 113 cm³/mol. The van der Waals surface area contributed by atoms with Crippen molar-refractivity contribution in [1.82, 2.24) is 4.98 Å². The Kier molecular flexibility index (Phi) is 4.67. The summed E-state index contributed by atoms with van der Waals surface area (Å²) in [6, 6.07) is 22.2. The molecule has 3 heteroatoms. The van der Waals surface area contributed by atoms with E-state index in [9.17, 15) is 0 Å². The van der Waals surface area contributed by atoms with Gasteiger partial charge in [-0.1, -0.05) is 42.5 Å². The molecule has 0 bridgehead atoms. The first kappa shape index (κ1) is 17.0. The van der Waals surface area contributed by atoms with Crippen LogP contribution in [0, 0.1) is 13.8 Å². The standard InChI is InChI=1S/C24H20N2O/c1-17-10-11-20(15-18(17)2)24-26-22-16-21(12-13-23(22)27-24)25-14-6-9-19-7-4-3-5-8-19/h3-16H,1-2H3. The summed E-state index contributed by atoms with van der Waals surface area (Å²) in [6.45, 7) is 4.19. The van der Waals surface area contributed by atoms with Gasteiger partial charge in [-0.05, 0) is 66.9 Å². The van der Waals surface area contributed by atoms with Gasteiger partial charge in [0.15, 0.2) is 5.58 Å². The van der Waals surface area contributed by atoms with Crippen LogP contribution >= 0.6 is 0 Å². The predicted octanol–water partition coefficient (Wildman–Crippen LogP) is 6.53. The topological polar surface area (TPSA) is 38.4 Å². The first-order chi connectivity index (χ1) is 13.2. The number of allylic oxidation sites excluding steroid dienone is 1. The van der Waals surface area contributed by atoms with E-state index in [1.165, 1.54) is 11.1 Å². The van der Waals surface area contributed by atoms with Crippen molar-refractivity contribution in [2.45, 2.75) is 13.8 Å². The Morgan fingerprint density at radius 2 is 1.74 bits per heavy atom. The first-order valence-electron chi connectivity index (χ1n) is 8.93. The fourth-order valence-electron chi connectivity index (χ4n) is 2.84. The number of aliphatic imine (C=N–C) groups is 1. The van der Waals surface area contributed by atoms with Crippen molar-refractivity contribution in [2.24, 2.45) is 4.99 Å². The van der Waals surface area contributed by atoms with Gasteiger partial charge in [0.05, 0.1) is 5.69 Å². The van der Waals surface area contributed by atoms with Crippen LogP contribution in [0.1, 0.15) is 16.7 Å². The summed E-state index contributed by atoms with van der Waals surface area (Å²) < 4.78 is 5.91. The molecule has 0 spiro atoms. The van der Waals surface area contributed by atoms with Crippen molar-refractivity contribution in [2.75, 3.05) is 0 Å². The summed E-state index contributed by atoms with van der Waals surface area (Å²) in [5, 5.41) is 0. The van der Waals surface area contributed by atoms with Gasteiger partial charge in [0.25, 0.3) is 0 Å². The van der Waals surface area contributed by atoms with Crippen LogP contribution in [-0.4, -0.2) is 11.2 Å². The van der Waals surface area contributed by atoms with Crippen LogP contribution in [0.2, 0.25) is 0 Å². The minimum absolute atomic E-state index is 0.637. The highest BCUT2D eigenvalue weighted by Gasteiger charge is 2.09. The van der Waals surface area contributed by atoms with Crippen LogP contribution in [-0.2, 0) is 0 Å². The van der Waals surface area contributed by atoms with Crippen LogP contribution in [0.5, 0.6) is 0 Å². The average molecular weight is 352 g/mol. The Hall–Kier alpha value is -3.46. The van der Waals surface area contributed by atoms with Gasteiger partial charge in [0.2, 0.25) is 5.89 Å². The Morgan fingerprint density at radius 1 is 0.889 bits per heavy atom. The minimum Gasteiger partial charge on any atom is -0.436 e. The molecule has 0 aliphatic rings. The lowest BCUT2D eigenvalue weighted by atomic mass is 10.1. The second-order valence-electron chi connectivity index (χ2n) is 6.52. The highest BCUT2D eigenvalue weighted by molar-refractivity contribution is 5.83. The number of hydrogen-bond donors (Lipinski definition) is 0. The third kappa shape index (κ3) is 3.87. The maximum Gasteiger partial charge on any atom is 0.227 e. The fourth-order valence-corrected chi connectivity index (χ4v) is 2.84. The lowest BCUT2D eigenvalue weighted by Crippen LogP contribution is -1.83. The molecule has 0 N–H and O–H groups in total. The second kappa shape index (κ2) is 7.42. The van der Waals surface area contributed by atoms with E-state index < -0.39 is 0 Å². The summed E-state index contributed by atoms with van der Waals surface area (Å²) in [4.78, 5) is 9.12. The lowest BCUT2D eigenvalue weighted by Gasteiger charge is -2.01. The molecule has 4 aromatic rings. The SMILES string of the molecule is Cc1ccc(-c2nc3cc(N=CC=Cc4ccccc4)ccc3o2)cc1C. The number of nitrogens with zero attached hydrogens (tertiary/aromatic N) is 2. The van der Waals surface area contributed by atoms with Gasteiger partial charge in [0.1, 0.15) is 5.52 Å². The molecule has 0 saturated carbocycles. The molecule has 0 amide bonds. The van der Waals surface area contributed by atoms with Gasteiger partial charge in [-0.25, -0.2) is 4.98 Å². The van der Waals surface area contributed by atoms with Crippen molar-refractivity contribution in [1.29, 1.82) is 0 Å². The normalized spacial score (nSPS) is 11.8. The first-order valence-corrected chi connectivity index (χ1v) is 8.93. The third-order valence-electron chi connectivity index (χ3n) is 4.52. The quantitative estimate of drug-likeness (QED) is 0.392. The van der Waals surface area contributed by atoms with Crippen LogP contribution < -0.4 is 0 Å². The van der Waals surface area contributed by atoms with Crippen LogP contribution in [0.15, 0.2) is 82.2 Å². The number of aromatic nitrogens is 1. The number of aryl methyl sites for hydroxylation is 2. The van der Waals surface area contributed by atoms with E-state index in [2.05, 4.69) is 48.1 Å². The van der Waals surface area contributed by atoms with Gasteiger partial charge in [-0.2, -0.15) is 0 Å². The number of rotatable bonds is 4. The molecule has 0 saturated heterocycles. The molecule has 0 aliphatic carbocycles. The van der Waals surface area contributed by atoms with Gasteiger partial charge in [-0.15, -0.1) is 0 Å². The highest BCUT2D eigenvalue weighted by atomic mass is 16.3. The smallest absolute Gasteiger partial charge is 0.227 e. The third-order valence-corrected chi connectivity index (χ3v) is 4.52. The van der Waals surface area contributed by atoms with E-state index in [0.717, 1.165) is 27.9 Å². The van der Waals surface area contributed by atoms with Crippen LogP contribution in [0.25, 0.3) is 28.6 Å². The van der Waals surface area contributed by atoms with E-state index in [-0.39, 0.29) is 0 Å². The molecule has 27 heavy (non-hydrogen) atoms. The Morgan fingerprint density at radius 3 is 2.56 bits per heavy atom. The van der Waals surface area contributed by atoms with Crippen molar-refractivity contribution < 1.29 is 4.42 Å². The molecular weight excluding hydrogens is 332 g/mol. The Balaban J connectivity index is 1.56. The van der Waals surface area contributed by atoms with E-state index in [1.807, 2.05) is 54.6 Å². The highest BCUT2D eigenvalue weighted by Crippen LogP contribution is 2.28. The van der Waals surface area contributed by atoms with Crippen molar-refractivity contribution in [3.05, 3.63) is 89.5 Å². The zero-order chi connectivity index (χ0) is 18.6. The van der Waals surface area contributed by atoms with Crippen LogP contribution in [0.4, 0.5) is 5.69 Å². The molecule has 0 atom stereocenters. The Bertz CT molecular complexity index is 1140. The lowest BCUT2D eigenvalue weighted by molar-refractivity contribution is 0.620. The van der Waals surface area contributed by atoms with Crippen molar-refractivity contribution >= 4 is 29.1 Å². The molecule has 132 valence electrons. The Labute approximate surface area is 158 Å². The molecular formula is C24H20N2O. The van der Waals surface area contributed by atoms with Gasteiger partial charge in [0, 0.05) is 11.8 Å². The fraction of sp³-hybridized carbons (Fsp3) is 0.0833. The van der Waals surface area contributed by atoms with Gasteiger partial charge in [-0.3, -0.25) is 4.99 Å². The zero-order valence-corrected chi connectivity index (χ0v) is 15.4. The maximum atomic E-state index is 5.91. The monoisotopic (exact) mass is 352 g/mol. The number of benzene rings is 3. The number of hydrogen-bond acceptors (Lipinski definition) is 3. The minimum atomic E-state index is 0.637. The molecule has 4 rings (SSSR count). The van der Waals surface area contributed by atoms with Gasteiger partial charge >= 0.3 is 0 Å². The average Bonchev–Trinajstić information content (AvgIpc) is 3.11. The molecule has 3 aromatic carbocycles. The number of fused-ring (bicyclic) bond motifs is 1. The molecule has 0 aliphatic heterocycles. The van der Waals surface area contributed by atoms with E-state index in [0.29, 0.717) is 5.89 Å². The maximum absolute atomic E-state index is 5.91. The van der Waals surface area contributed by atoms with Crippen molar-refractivity contribution in [3.8, 4) is 11.5 Å². The second-order valence-corrected chi connectivity index (χ2v) is 6.52. The summed E-state index contributed by atoms with van der Waals surface area (Å²) in [6.07, 6.45) is 5.75. The molecule has 0 fully saturated rings. The van der Waals surface area contributed by atoms with E-state index >= 15 is 0 Å². The molecule has 0 unspecified atom stereocenters. The summed E-state index contributed by atoms with van der Waals surface area (Å²) >= 11 is 0.